The Hall–Kier alpha value is -4.04. The number of hydrogen-bond acceptors (Lipinski definition) is 2. The minimum Gasteiger partial charge on any atom is -0.497 e. The summed E-state index contributed by atoms with van der Waals surface area (Å²) in [6, 6.07) is 30.9. The summed E-state index contributed by atoms with van der Waals surface area (Å²) in [6.45, 7) is 14.3. The summed E-state index contributed by atoms with van der Waals surface area (Å²) >= 11 is 0. The van der Waals surface area contributed by atoms with E-state index in [1.807, 2.05) is 0 Å². The molecule has 226 valence electrons. The van der Waals surface area contributed by atoms with Crippen LogP contribution in [0.2, 0.25) is 0 Å². The molecule has 0 bridgehead atoms. The van der Waals surface area contributed by atoms with E-state index in [1.165, 1.54) is 55.7 Å². The molecule has 0 spiro atoms. The van der Waals surface area contributed by atoms with Gasteiger partial charge in [-0.15, -0.1) is 0 Å². The van der Waals surface area contributed by atoms with Crippen molar-refractivity contribution in [3.8, 4) is 33.8 Å². The summed E-state index contributed by atoms with van der Waals surface area (Å²) < 4.78 is 10.9. The van der Waals surface area contributed by atoms with E-state index < -0.39 is 0 Å². The van der Waals surface area contributed by atoms with E-state index in [1.54, 1.807) is 25.4 Å². The fraction of sp³-hybridized carbons (Fsp3) is 0.333. The van der Waals surface area contributed by atoms with Gasteiger partial charge in [0.05, 0.1) is 14.2 Å². The standard InChI is InChI=1S/C42H46O2/c1-41(2,3)37-25-29-11-9-13-33(27-15-19-31(43-7)20-16-27)39(29)35(37)23-24-36-38(42(4,5)6)26-30-12-10-14-34(40(30)36)28-17-21-32(44-8)22-18-28/h9-22H,23-26H2,1-8H3. The second-order valence-electron chi connectivity index (χ2n) is 14.4. The highest BCUT2D eigenvalue weighted by molar-refractivity contribution is 5.92. The number of benzene rings is 4. The molecule has 44 heavy (non-hydrogen) atoms. The quantitative estimate of drug-likeness (QED) is 0.216. The topological polar surface area (TPSA) is 18.5 Å². The molecule has 2 aliphatic rings. The molecule has 4 aromatic carbocycles. The lowest BCUT2D eigenvalue weighted by Crippen LogP contribution is -2.11. The number of fused-ring (bicyclic) bond motifs is 2. The monoisotopic (exact) mass is 582 g/mol. The van der Waals surface area contributed by atoms with Gasteiger partial charge in [0.25, 0.3) is 0 Å². The summed E-state index contributed by atoms with van der Waals surface area (Å²) in [7, 11) is 3.46. The van der Waals surface area contributed by atoms with Gasteiger partial charge in [-0.1, -0.05) is 113 Å². The van der Waals surface area contributed by atoms with Crippen molar-refractivity contribution < 1.29 is 9.47 Å². The van der Waals surface area contributed by atoms with E-state index in [-0.39, 0.29) is 10.8 Å². The molecule has 0 amide bonds. The molecule has 0 heterocycles. The van der Waals surface area contributed by atoms with Gasteiger partial charge in [0, 0.05) is 0 Å². The molecule has 0 unspecified atom stereocenters. The molecule has 0 aromatic heterocycles. The van der Waals surface area contributed by atoms with Gasteiger partial charge < -0.3 is 9.47 Å². The zero-order valence-electron chi connectivity index (χ0n) is 27.7. The molecule has 4 aromatic rings. The number of ether oxygens (including phenoxy) is 2. The second-order valence-corrected chi connectivity index (χ2v) is 14.4. The fourth-order valence-corrected chi connectivity index (χ4v) is 7.36. The van der Waals surface area contributed by atoms with Gasteiger partial charge in [-0.25, -0.2) is 0 Å². The Kier molecular flexibility index (Phi) is 7.82. The number of allylic oxidation sites excluding steroid dienone is 4. The van der Waals surface area contributed by atoms with Crippen LogP contribution < -0.4 is 9.47 Å². The molecule has 2 aliphatic carbocycles. The van der Waals surface area contributed by atoms with Crippen molar-refractivity contribution >= 4 is 11.1 Å². The minimum atomic E-state index is 0.0919. The first-order chi connectivity index (χ1) is 21.0. The minimum absolute atomic E-state index is 0.0919. The zero-order valence-corrected chi connectivity index (χ0v) is 27.7. The average molecular weight is 583 g/mol. The van der Waals surface area contributed by atoms with Crippen LogP contribution >= 0.6 is 0 Å². The molecule has 0 saturated heterocycles. The largest absolute Gasteiger partial charge is 0.497 e. The Balaban J connectivity index is 1.45. The highest BCUT2D eigenvalue weighted by Gasteiger charge is 2.34. The smallest absolute Gasteiger partial charge is 0.118 e. The summed E-state index contributed by atoms with van der Waals surface area (Å²) in [4.78, 5) is 0. The van der Waals surface area contributed by atoms with Crippen LogP contribution in [-0.2, 0) is 12.8 Å². The third kappa shape index (κ3) is 5.52. The second kappa shape index (κ2) is 11.5. The molecule has 0 aliphatic heterocycles. The molecule has 0 radical (unpaired) electrons. The Bertz CT molecular complexity index is 1620. The predicted octanol–water partition coefficient (Wildman–Crippen LogP) is 11.2. The number of methoxy groups -OCH3 is 2. The maximum absolute atomic E-state index is 5.47. The Morgan fingerprint density at radius 2 is 0.864 bits per heavy atom. The first-order valence-electron chi connectivity index (χ1n) is 16.0. The van der Waals surface area contributed by atoms with E-state index in [4.69, 9.17) is 9.47 Å². The van der Waals surface area contributed by atoms with E-state index in [9.17, 15) is 0 Å². The van der Waals surface area contributed by atoms with Gasteiger partial charge in [0.15, 0.2) is 0 Å². The molecular formula is C42H46O2. The van der Waals surface area contributed by atoms with Crippen LogP contribution in [0.4, 0.5) is 0 Å². The summed E-state index contributed by atoms with van der Waals surface area (Å²) in [5, 5.41) is 0. The molecule has 0 N–H and O–H groups in total. The van der Waals surface area contributed by atoms with Crippen LogP contribution in [0.15, 0.2) is 96.1 Å². The molecular weight excluding hydrogens is 536 g/mol. The molecule has 0 atom stereocenters. The van der Waals surface area contributed by atoms with Crippen LogP contribution in [0, 0.1) is 10.8 Å². The lowest BCUT2D eigenvalue weighted by Gasteiger charge is -2.25. The SMILES string of the molecule is COc1ccc(-c2cccc3c2C(CCC2=C(C(C)(C)C)Cc4cccc(-c5ccc(OC)cc5)c42)=C(C(C)(C)C)C3)cc1. The Morgan fingerprint density at radius 1 is 0.500 bits per heavy atom. The first kappa shape index (κ1) is 30.0. The Morgan fingerprint density at radius 3 is 1.18 bits per heavy atom. The van der Waals surface area contributed by atoms with Crippen molar-refractivity contribution in [2.75, 3.05) is 14.2 Å². The van der Waals surface area contributed by atoms with Crippen molar-refractivity contribution in [2.45, 2.75) is 67.2 Å². The fourth-order valence-electron chi connectivity index (χ4n) is 7.36. The molecule has 0 saturated carbocycles. The molecule has 6 rings (SSSR count). The van der Waals surface area contributed by atoms with E-state index >= 15 is 0 Å². The van der Waals surface area contributed by atoms with E-state index in [0.29, 0.717) is 0 Å². The highest BCUT2D eigenvalue weighted by atomic mass is 16.5. The van der Waals surface area contributed by atoms with E-state index in [0.717, 1.165) is 37.2 Å². The van der Waals surface area contributed by atoms with Gasteiger partial charge in [0.1, 0.15) is 11.5 Å². The Labute approximate surface area is 264 Å². The van der Waals surface area contributed by atoms with Crippen LogP contribution in [0.1, 0.15) is 76.6 Å². The predicted molar refractivity (Wildman–Crippen MR) is 186 cm³/mol. The van der Waals surface area contributed by atoms with Crippen LogP contribution in [0.25, 0.3) is 33.4 Å². The summed E-state index contributed by atoms with van der Waals surface area (Å²) in [5.74, 6) is 1.78. The third-order valence-electron chi connectivity index (χ3n) is 9.61. The normalized spacial score (nSPS) is 14.6. The van der Waals surface area contributed by atoms with Crippen molar-refractivity contribution in [1.82, 2.24) is 0 Å². The summed E-state index contributed by atoms with van der Waals surface area (Å²) in [5.41, 5.74) is 17.4. The first-order valence-corrected chi connectivity index (χ1v) is 16.0. The van der Waals surface area contributed by atoms with Gasteiger partial charge in [-0.3, -0.25) is 0 Å². The maximum atomic E-state index is 5.47. The van der Waals surface area contributed by atoms with Gasteiger partial charge in [-0.2, -0.15) is 0 Å². The number of hydrogen-bond donors (Lipinski definition) is 0. The highest BCUT2D eigenvalue weighted by Crippen LogP contribution is 2.51. The molecule has 0 fully saturated rings. The zero-order chi connectivity index (χ0) is 31.2. The maximum Gasteiger partial charge on any atom is 0.118 e. The van der Waals surface area contributed by atoms with Crippen molar-refractivity contribution in [2.24, 2.45) is 10.8 Å². The lowest BCUT2D eigenvalue weighted by atomic mass is 9.79. The van der Waals surface area contributed by atoms with E-state index in [2.05, 4.69) is 126 Å². The molecule has 2 nitrogen and oxygen atoms in total. The van der Waals surface area contributed by atoms with Gasteiger partial charge in [0.2, 0.25) is 0 Å². The van der Waals surface area contributed by atoms with Crippen LogP contribution in [0.3, 0.4) is 0 Å². The average Bonchev–Trinajstić information content (AvgIpc) is 3.59. The van der Waals surface area contributed by atoms with Crippen LogP contribution in [-0.4, -0.2) is 14.2 Å². The summed E-state index contributed by atoms with van der Waals surface area (Å²) in [6.07, 6.45) is 4.10. The molecule has 2 heteroatoms. The van der Waals surface area contributed by atoms with Crippen molar-refractivity contribution in [3.05, 3.63) is 118 Å². The van der Waals surface area contributed by atoms with Crippen LogP contribution in [0.5, 0.6) is 11.5 Å². The lowest BCUT2D eigenvalue weighted by molar-refractivity contribution is 0.415. The van der Waals surface area contributed by atoms with Crippen molar-refractivity contribution in [1.29, 1.82) is 0 Å². The van der Waals surface area contributed by atoms with Crippen molar-refractivity contribution in [3.63, 3.8) is 0 Å². The third-order valence-corrected chi connectivity index (χ3v) is 9.61. The van der Waals surface area contributed by atoms with Gasteiger partial charge in [-0.05, 0) is 116 Å². The van der Waals surface area contributed by atoms with Gasteiger partial charge >= 0.3 is 0 Å². The number of rotatable bonds is 7.